The van der Waals surface area contributed by atoms with E-state index in [1.54, 1.807) is 7.11 Å². The second-order valence-corrected chi connectivity index (χ2v) is 7.86. The standard InChI is InChI=1S/C26H24F3N3O2/c1-17(21-9-5-7-19-6-3-4-8-22(19)21)30-13-18-10-11-24(33-2)23(12-18)20-14-31-25(32-15-20)34-16-26(27,28)29/h3-12,14-15,17,30H,13,16H2,1-2H3. The Balaban J connectivity index is 1.50. The molecule has 0 aliphatic rings. The summed E-state index contributed by atoms with van der Waals surface area (Å²) in [7, 11) is 1.56. The lowest BCUT2D eigenvalue weighted by molar-refractivity contribution is -0.154. The second kappa shape index (κ2) is 10.1. The van der Waals surface area contributed by atoms with Gasteiger partial charge in [0.15, 0.2) is 6.61 Å². The van der Waals surface area contributed by atoms with E-state index in [1.165, 1.54) is 28.7 Å². The first-order chi connectivity index (χ1) is 16.3. The number of ether oxygens (including phenoxy) is 2. The number of hydrogen-bond donors (Lipinski definition) is 1. The summed E-state index contributed by atoms with van der Waals surface area (Å²) in [5.41, 5.74) is 3.58. The zero-order valence-electron chi connectivity index (χ0n) is 18.8. The van der Waals surface area contributed by atoms with Gasteiger partial charge in [0.1, 0.15) is 5.75 Å². The summed E-state index contributed by atoms with van der Waals surface area (Å²) in [6.45, 7) is 1.29. The third-order valence-electron chi connectivity index (χ3n) is 5.47. The van der Waals surface area contributed by atoms with Crippen molar-refractivity contribution in [1.82, 2.24) is 15.3 Å². The Morgan fingerprint density at radius 3 is 2.44 bits per heavy atom. The number of halogens is 3. The van der Waals surface area contributed by atoms with Gasteiger partial charge in [0.05, 0.1) is 7.11 Å². The molecule has 1 aromatic heterocycles. The first-order valence-electron chi connectivity index (χ1n) is 10.7. The topological polar surface area (TPSA) is 56.3 Å². The average molecular weight is 467 g/mol. The van der Waals surface area contributed by atoms with Crippen LogP contribution in [-0.4, -0.2) is 29.9 Å². The van der Waals surface area contributed by atoms with E-state index in [0.29, 0.717) is 17.9 Å². The average Bonchev–Trinajstić information content (AvgIpc) is 2.85. The minimum absolute atomic E-state index is 0.116. The number of benzene rings is 3. The van der Waals surface area contributed by atoms with Crippen molar-refractivity contribution < 1.29 is 22.6 Å². The van der Waals surface area contributed by atoms with E-state index >= 15 is 0 Å². The van der Waals surface area contributed by atoms with Gasteiger partial charge >= 0.3 is 12.2 Å². The highest BCUT2D eigenvalue weighted by Gasteiger charge is 2.29. The summed E-state index contributed by atoms with van der Waals surface area (Å²) in [6.07, 6.45) is -1.60. The van der Waals surface area contributed by atoms with Crippen LogP contribution < -0.4 is 14.8 Å². The Morgan fingerprint density at radius 1 is 0.971 bits per heavy atom. The normalized spacial score (nSPS) is 12.5. The minimum atomic E-state index is -4.45. The number of rotatable bonds is 8. The highest BCUT2D eigenvalue weighted by Crippen LogP contribution is 2.31. The van der Waals surface area contributed by atoms with Gasteiger partial charge < -0.3 is 14.8 Å². The molecule has 0 aliphatic carbocycles. The molecule has 5 nitrogen and oxygen atoms in total. The summed E-state index contributed by atoms with van der Waals surface area (Å²) >= 11 is 0. The molecular formula is C26H24F3N3O2. The van der Waals surface area contributed by atoms with Crippen molar-refractivity contribution in [3.8, 4) is 22.9 Å². The molecule has 0 radical (unpaired) electrons. The molecule has 0 aliphatic heterocycles. The summed E-state index contributed by atoms with van der Waals surface area (Å²) in [5, 5.41) is 5.98. The van der Waals surface area contributed by atoms with Gasteiger partial charge in [-0.1, -0.05) is 48.5 Å². The molecule has 0 saturated carbocycles. The van der Waals surface area contributed by atoms with E-state index < -0.39 is 12.8 Å². The molecule has 34 heavy (non-hydrogen) atoms. The van der Waals surface area contributed by atoms with Crippen molar-refractivity contribution in [3.05, 3.63) is 84.2 Å². The molecule has 3 aromatic carbocycles. The smallest absolute Gasteiger partial charge is 0.422 e. The zero-order valence-corrected chi connectivity index (χ0v) is 18.8. The lowest BCUT2D eigenvalue weighted by atomic mass is 9.99. The molecule has 176 valence electrons. The first kappa shape index (κ1) is 23.5. The Bertz CT molecular complexity index is 1260. The van der Waals surface area contributed by atoms with Gasteiger partial charge in [-0.15, -0.1) is 0 Å². The van der Waals surface area contributed by atoms with Crippen molar-refractivity contribution in [3.63, 3.8) is 0 Å². The van der Waals surface area contributed by atoms with Crippen LogP contribution in [0.3, 0.4) is 0 Å². The highest BCUT2D eigenvalue weighted by atomic mass is 19.4. The Morgan fingerprint density at radius 2 is 1.71 bits per heavy atom. The number of alkyl halides is 3. The molecule has 1 N–H and O–H groups in total. The number of aromatic nitrogens is 2. The molecule has 1 unspecified atom stereocenters. The maximum atomic E-state index is 12.3. The van der Waals surface area contributed by atoms with Gasteiger partial charge in [0.2, 0.25) is 0 Å². The molecule has 0 bridgehead atoms. The summed E-state index contributed by atoms with van der Waals surface area (Å²) in [4.78, 5) is 7.80. The van der Waals surface area contributed by atoms with Crippen LogP contribution in [0, 0.1) is 0 Å². The van der Waals surface area contributed by atoms with Crippen LogP contribution in [0.5, 0.6) is 11.8 Å². The zero-order chi connectivity index (χ0) is 24.1. The van der Waals surface area contributed by atoms with Crippen molar-refractivity contribution in [2.24, 2.45) is 0 Å². The summed E-state index contributed by atoms with van der Waals surface area (Å²) in [6, 6.07) is 20.1. The maximum absolute atomic E-state index is 12.3. The van der Waals surface area contributed by atoms with Gasteiger partial charge in [-0.25, -0.2) is 9.97 Å². The van der Waals surface area contributed by atoms with Crippen molar-refractivity contribution in [1.29, 1.82) is 0 Å². The molecule has 1 heterocycles. The van der Waals surface area contributed by atoms with Crippen LogP contribution in [-0.2, 0) is 6.54 Å². The molecule has 0 spiro atoms. The van der Waals surface area contributed by atoms with Crippen molar-refractivity contribution in [2.45, 2.75) is 25.7 Å². The molecule has 8 heteroatoms. The van der Waals surface area contributed by atoms with Gasteiger partial charge in [0, 0.05) is 36.1 Å². The van der Waals surface area contributed by atoms with Crippen LogP contribution in [0.4, 0.5) is 13.2 Å². The molecule has 0 fully saturated rings. The SMILES string of the molecule is COc1ccc(CNC(C)c2cccc3ccccc23)cc1-c1cnc(OCC(F)(F)F)nc1. The number of fused-ring (bicyclic) bond motifs is 1. The summed E-state index contributed by atoms with van der Waals surface area (Å²) in [5.74, 6) is 0.610. The third-order valence-corrected chi connectivity index (χ3v) is 5.47. The van der Waals surface area contributed by atoms with E-state index in [-0.39, 0.29) is 12.1 Å². The minimum Gasteiger partial charge on any atom is -0.496 e. The predicted molar refractivity (Wildman–Crippen MR) is 125 cm³/mol. The number of methoxy groups -OCH3 is 1. The van der Waals surface area contributed by atoms with Crippen LogP contribution >= 0.6 is 0 Å². The van der Waals surface area contributed by atoms with E-state index in [1.807, 2.05) is 30.3 Å². The van der Waals surface area contributed by atoms with Crippen molar-refractivity contribution >= 4 is 10.8 Å². The third kappa shape index (κ3) is 5.63. The predicted octanol–water partition coefficient (Wildman–Crippen LogP) is 6.10. The van der Waals surface area contributed by atoms with Gasteiger partial charge in [-0.2, -0.15) is 13.2 Å². The van der Waals surface area contributed by atoms with Gasteiger partial charge in [0.25, 0.3) is 0 Å². The maximum Gasteiger partial charge on any atom is 0.422 e. The fraction of sp³-hybridized carbons (Fsp3) is 0.231. The van der Waals surface area contributed by atoms with E-state index in [2.05, 4.69) is 57.3 Å². The second-order valence-electron chi connectivity index (χ2n) is 7.86. The quantitative estimate of drug-likeness (QED) is 0.340. The largest absolute Gasteiger partial charge is 0.496 e. The molecule has 4 rings (SSSR count). The Hall–Kier alpha value is -3.65. The summed E-state index contributed by atoms with van der Waals surface area (Å²) < 4.78 is 47.1. The fourth-order valence-corrected chi connectivity index (χ4v) is 3.78. The number of hydrogen-bond acceptors (Lipinski definition) is 5. The lowest BCUT2D eigenvalue weighted by Crippen LogP contribution is -2.20. The molecule has 0 saturated heterocycles. The Kier molecular flexibility index (Phi) is 6.98. The molecular weight excluding hydrogens is 443 g/mol. The van der Waals surface area contributed by atoms with Crippen LogP contribution in [0.25, 0.3) is 21.9 Å². The van der Waals surface area contributed by atoms with E-state index in [4.69, 9.17) is 4.74 Å². The first-order valence-corrected chi connectivity index (χ1v) is 10.7. The molecule has 4 aromatic rings. The monoisotopic (exact) mass is 467 g/mol. The lowest BCUT2D eigenvalue weighted by Gasteiger charge is -2.18. The van der Waals surface area contributed by atoms with E-state index in [0.717, 1.165) is 11.1 Å². The van der Waals surface area contributed by atoms with Crippen LogP contribution in [0.15, 0.2) is 73.1 Å². The fourth-order valence-electron chi connectivity index (χ4n) is 3.78. The van der Waals surface area contributed by atoms with Crippen LogP contribution in [0.1, 0.15) is 24.1 Å². The molecule has 1 atom stereocenters. The van der Waals surface area contributed by atoms with Crippen molar-refractivity contribution in [2.75, 3.05) is 13.7 Å². The van der Waals surface area contributed by atoms with Crippen LogP contribution in [0.2, 0.25) is 0 Å². The Labute approximate surface area is 195 Å². The van der Waals surface area contributed by atoms with Gasteiger partial charge in [-0.05, 0) is 41.0 Å². The number of nitrogens with zero attached hydrogens (tertiary/aromatic N) is 2. The van der Waals surface area contributed by atoms with E-state index in [9.17, 15) is 13.2 Å². The highest BCUT2D eigenvalue weighted by molar-refractivity contribution is 5.86. The molecule has 0 amide bonds. The number of nitrogens with one attached hydrogen (secondary N) is 1. The van der Waals surface area contributed by atoms with Gasteiger partial charge in [-0.3, -0.25) is 0 Å².